The second-order valence-corrected chi connectivity index (χ2v) is 7.76. The summed E-state index contributed by atoms with van der Waals surface area (Å²) in [6.07, 6.45) is 5.56. The molecule has 0 unspecified atom stereocenters. The maximum absolute atomic E-state index is 12.4. The topological polar surface area (TPSA) is 89.2 Å². The molecule has 30 heavy (non-hydrogen) atoms. The van der Waals surface area contributed by atoms with E-state index in [1.165, 1.54) is 11.8 Å². The molecule has 0 saturated heterocycles. The number of aryl methyl sites for hydroxylation is 1. The number of aromatic nitrogens is 2. The van der Waals surface area contributed by atoms with E-state index in [9.17, 15) is 9.59 Å². The first-order valence-electron chi connectivity index (χ1n) is 9.93. The smallest absolute Gasteiger partial charge is 0.251 e. The van der Waals surface area contributed by atoms with Gasteiger partial charge in [0.1, 0.15) is 11.5 Å². The first kappa shape index (κ1) is 21.7. The number of furan rings is 1. The molecule has 0 spiro atoms. The Hall–Kier alpha value is -3.00. The van der Waals surface area contributed by atoms with Crippen LogP contribution in [-0.4, -0.2) is 33.7 Å². The Labute approximate surface area is 180 Å². The Kier molecular flexibility index (Phi) is 7.73. The van der Waals surface area contributed by atoms with Gasteiger partial charge in [0.2, 0.25) is 5.91 Å². The summed E-state index contributed by atoms with van der Waals surface area (Å²) in [7, 11) is 0. The lowest BCUT2D eigenvalue weighted by atomic mass is 10.2. The molecule has 0 fully saturated rings. The summed E-state index contributed by atoms with van der Waals surface area (Å²) < 4.78 is 7.36. The first-order valence-corrected chi connectivity index (χ1v) is 10.9. The van der Waals surface area contributed by atoms with Crippen molar-refractivity contribution in [3.63, 3.8) is 0 Å². The number of thioether (sulfide) groups is 1. The lowest BCUT2D eigenvalue weighted by molar-refractivity contribution is -0.118. The minimum Gasteiger partial charge on any atom is -0.465 e. The Balaban J connectivity index is 1.56. The van der Waals surface area contributed by atoms with Crippen molar-refractivity contribution in [2.45, 2.75) is 38.4 Å². The lowest BCUT2D eigenvalue weighted by Gasteiger charge is -2.09. The van der Waals surface area contributed by atoms with Crippen LogP contribution in [0.1, 0.15) is 41.6 Å². The van der Waals surface area contributed by atoms with Crippen LogP contribution in [0.15, 0.2) is 58.4 Å². The van der Waals surface area contributed by atoms with Gasteiger partial charge in [-0.15, -0.1) is 0 Å². The van der Waals surface area contributed by atoms with Gasteiger partial charge in [0.25, 0.3) is 5.91 Å². The number of amides is 2. The fourth-order valence-corrected chi connectivity index (χ4v) is 3.60. The number of hydrogen-bond donors (Lipinski definition) is 2. The molecule has 1 aromatic carbocycles. The van der Waals surface area contributed by atoms with Gasteiger partial charge in [0, 0.05) is 30.2 Å². The van der Waals surface area contributed by atoms with Gasteiger partial charge in [-0.25, -0.2) is 4.98 Å². The van der Waals surface area contributed by atoms with E-state index < -0.39 is 0 Å². The van der Waals surface area contributed by atoms with Crippen molar-refractivity contribution >= 4 is 23.6 Å². The molecular formula is C22H26N4O3S. The Morgan fingerprint density at radius 3 is 2.63 bits per heavy atom. The number of unbranched alkanes of at least 4 members (excludes halogenated alkanes) is 1. The Bertz CT molecular complexity index is 978. The van der Waals surface area contributed by atoms with E-state index in [1.807, 2.05) is 42.0 Å². The van der Waals surface area contributed by atoms with Crippen molar-refractivity contribution in [1.82, 2.24) is 20.2 Å². The van der Waals surface area contributed by atoms with E-state index in [1.54, 1.807) is 18.3 Å². The molecule has 0 aliphatic heterocycles. The molecule has 2 aromatic heterocycles. The number of rotatable bonds is 10. The molecule has 3 rings (SSSR count). The molecule has 0 bridgehead atoms. The van der Waals surface area contributed by atoms with Gasteiger partial charge in [0.15, 0.2) is 5.16 Å². The van der Waals surface area contributed by atoms with Gasteiger partial charge in [-0.1, -0.05) is 25.1 Å². The van der Waals surface area contributed by atoms with Crippen LogP contribution in [0.25, 0.3) is 5.69 Å². The molecule has 0 aliphatic carbocycles. The van der Waals surface area contributed by atoms with E-state index >= 15 is 0 Å². The minimum absolute atomic E-state index is 0.00164. The molecule has 0 atom stereocenters. The maximum atomic E-state index is 12.4. The predicted molar refractivity (Wildman–Crippen MR) is 117 cm³/mol. The number of carbonyl (C=O) groups is 2. The molecule has 2 amide bonds. The highest BCUT2D eigenvalue weighted by molar-refractivity contribution is 7.99. The molecule has 0 radical (unpaired) electrons. The van der Waals surface area contributed by atoms with Gasteiger partial charge in [-0.3, -0.25) is 14.2 Å². The number of imidazole rings is 1. The van der Waals surface area contributed by atoms with Crippen molar-refractivity contribution in [3.8, 4) is 5.69 Å². The third-order valence-corrected chi connectivity index (χ3v) is 5.39. The van der Waals surface area contributed by atoms with E-state index in [0.717, 1.165) is 35.2 Å². The van der Waals surface area contributed by atoms with Crippen molar-refractivity contribution in [2.24, 2.45) is 0 Å². The summed E-state index contributed by atoms with van der Waals surface area (Å²) in [4.78, 5) is 28.6. The molecule has 3 aromatic rings. The normalized spacial score (nSPS) is 10.7. The van der Waals surface area contributed by atoms with Crippen LogP contribution in [0.5, 0.6) is 0 Å². The fourth-order valence-electron chi connectivity index (χ4n) is 2.80. The molecule has 0 aliphatic rings. The fraction of sp³-hybridized carbons (Fsp3) is 0.318. The van der Waals surface area contributed by atoms with Crippen molar-refractivity contribution in [3.05, 3.63) is 65.9 Å². The Morgan fingerprint density at radius 2 is 1.93 bits per heavy atom. The second kappa shape index (κ2) is 10.7. The molecular weight excluding hydrogens is 400 g/mol. The van der Waals surface area contributed by atoms with Crippen LogP contribution in [-0.2, 0) is 11.3 Å². The largest absolute Gasteiger partial charge is 0.465 e. The third kappa shape index (κ3) is 6.00. The van der Waals surface area contributed by atoms with Gasteiger partial charge in [0.05, 0.1) is 12.3 Å². The quantitative estimate of drug-likeness (QED) is 0.381. The van der Waals surface area contributed by atoms with Crippen LogP contribution < -0.4 is 10.6 Å². The first-order chi connectivity index (χ1) is 14.6. The van der Waals surface area contributed by atoms with Crippen molar-refractivity contribution < 1.29 is 14.0 Å². The SMILES string of the molecule is CCCCNC(=O)CSc1nccn1-c1ccc(C(=O)NCc2ccc(C)o2)cc1. The number of carbonyl (C=O) groups excluding carboxylic acids is 2. The van der Waals surface area contributed by atoms with E-state index in [-0.39, 0.29) is 11.8 Å². The highest BCUT2D eigenvalue weighted by atomic mass is 32.2. The second-order valence-electron chi connectivity index (χ2n) is 6.81. The number of nitrogens with one attached hydrogen (secondary N) is 2. The van der Waals surface area contributed by atoms with Crippen molar-refractivity contribution in [1.29, 1.82) is 0 Å². The monoisotopic (exact) mass is 426 g/mol. The number of hydrogen-bond acceptors (Lipinski definition) is 5. The molecule has 2 heterocycles. The molecule has 158 valence electrons. The van der Waals surface area contributed by atoms with E-state index in [4.69, 9.17) is 4.42 Å². The van der Waals surface area contributed by atoms with Crippen LogP contribution in [0, 0.1) is 6.92 Å². The van der Waals surface area contributed by atoms with E-state index in [0.29, 0.717) is 24.4 Å². The molecule has 8 heteroatoms. The predicted octanol–water partition coefficient (Wildman–Crippen LogP) is 3.71. The molecule has 0 saturated carbocycles. The molecule has 7 nitrogen and oxygen atoms in total. The van der Waals surface area contributed by atoms with Gasteiger partial charge >= 0.3 is 0 Å². The summed E-state index contributed by atoms with van der Waals surface area (Å²) in [5.41, 5.74) is 1.44. The molecule has 2 N–H and O–H groups in total. The highest BCUT2D eigenvalue weighted by Crippen LogP contribution is 2.20. The van der Waals surface area contributed by atoms with Crippen LogP contribution in [0.4, 0.5) is 0 Å². The zero-order valence-electron chi connectivity index (χ0n) is 17.2. The maximum Gasteiger partial charge on any atom is 0.251 e. The van der Waals surface area contributed by atoms with Crippen LogP contribution in [0.2, 0.25) is 0 Å². The summed E-state index contributed by atoms with van der Waals surface area (Å²) in [6, 6.07) is 11.0. The average Bonchev–Trinajstić information content (AvgIpc) is 3.39. The van der Waals surface area contributed by atoms with Crippen LogP contribution in [0.3, 0.4) is 0 Å². The zero-order valence-corrected chi connectivity index (χ0v) is 18.0. The van der Waals surface area contributed by atoms with Gasteiger partial charge in [-0.05, 0) is 49.7 Å². The zero-order chi connectivity index (χ0) is 21.3. The van der Waals surface area contributed by atoms with Crippen molar-refractivity contribution in [2.75, 3.05) is 12.3 Å². The summed E-state index contributed by atoms with van der Waals surface area (Å²) in [5, 5.41) is 6.48. The van der Waals surface area contributed by atoms with Gasteiger partial charge < -0.3 is 15.1 Å². The summed E-state index contributed by atoms with van der Waals surface area (Å²) in [6.45, 7) is 5.00. The highest BCUT2D eigenvalue weighted by Gasteiger charge is 2.11. The summed E-state index contributed by atoms with van der Waals surface area (Å²) in [5.74, 6) is 1.68. The standard InChI is InChI=1S/C22H26N4O3S/c1-3-4-11-23-20(27)15-30-22-24-12-13-26(22)18-8-6-17(7-9-18)21(28)25-14-19-10-5-16(2)29-19/h5-10,12-13H,3-4,11,14-15H2,1-2H3,(H,23,27)(H,25,28). The average molecular weight is 427 g/mol. The van der Waals surface area contributed by atoms with Crippen LogP contribution >= 0.6 is 11.8 Å². The Morgan fingerprint density at radius 1 is 1.13 bits per heavy atom. The third-order valence-electron chi connectivity index (χ3n) is 4.42. The van der Waals surface area contributed by atoms with E-state index in [2.05, 4.69) is 22.5 Å². The summed E-state index contributed by atoms with van der Waals surface area (Å²) >= 11 is 1.38. The number of benzene rings is 1. The minimum atomic E-state index is -0.167. The number of nitrogens with zero attached hydrogens (tertiary/aromatic N) is 2. The van der Waals surface area contributed by atoms with Gasteiger partial charge in [-0.2, -0.15) is 0 Å². The lowest BCUT2D eigenvalue weighted by Crippen LogP contribution is -2.26.